The molecule has 0 atom stereocenters. The SMILES string of the molecule is O=C1SC(=Cc2cc(Br)c(OCc3ccc(F)cc3)c(Br)c2)C(=O)N1Cc1ccc(F)cc1. The molecule has 0 spiro atoms. The largest absolute Gasteiger partial charge is 0.487 e. The van der Waals surface area contributed by atoms with E-state index in [9.17, 15) is 18.4 Å². The maximum atomic E-state index is 13.1. The fourth-order valence-corrected chi connectivity index (χ4v) is 5.39. The Kier molecular flexibility index (Phi) is 7.31. The van der Waals surface area contributed by atoms with Crippen LogP contribution in [0.4, 0.5) is 13.6 Å². The van der Waals surface area contributed by atoms with Crippen LogP contribution >= 0.6 is 43.6 Å². The minimum atomic E-state index is -0.404. The van der Waals surface area contributed by atoms with Gasteiger partial charge in [0.2, 0.25) is 0 Å². The summed E-state index contributed by atoms with van der Waals surface area (Å²) < 4.78 is 33.3. The van der Waals surface area contributed by atoms with Gasteiger partial charge in [0.05, 0.1) is 20.4 Å². The smallest absolute Gasteiger partial charge is 0.293 e. The second-order valence-corrected chi connectivity index (χ2v) is 9.83. The number of hydrogen-bond donors (Lipinski definition) is 0. The summed E-state index contributed by atoms with van der Waals surface area (Å²) in [6.07, 6.45) is 1.63. The Bertz CT molecular complexity index is 1220. The van der Waals surface area contributed by atoms with Crippen molar-refractivity contribution in [3.8, 4) is 5.75 Å². The van der Waals surface area contributed by atoms with Gasteiger partial charge in [-0.15, -0.1) is 0 Å². The molecule has 1 heterocycles. The summed E-state index contributed by atoms with van der Waals surface area (Å²) in [5, 5.41) is -0.382. The molecule has 3 aromatic rings. The molecule has 0 bridgehead atoms. The maximum Gasteiger partial charge on any atom is 0.293 e. The first-order valence-corrected chi connectivity index (χ1v) is 12.1. The molecule has 9 heteroatoms. The standard InChI is InChI=1S/C24H15Br2F2NO3S/c25-19-9-16(10-20(26)22(19)32-13-15-3-7-18(28)8-4-15)11-21-23(30)29(24(31)33-21)12-14-1-5-17(27)6-2-14/h1-11H,12-13H2. The van der Waals surface area contributed by atoms with E-state index in [1.54, 1.807) is 42.5 Å². The molecular weight excluding hydrogens is 580 g/mol. The number of imide groups is 1. The van der Waals surface area contributed by atoms with Crippen LogP contribution in [0.15, 0.2) is 74.5 Å². The minimum Gasteiger partial charge on any atom is -0.487 e. The van der Waals surface area contributed by atoms with Gasteiger partial charge in [0, 0.05) is 0 Å². The molecule has 33 heavy (non-hydrogen) atoms. The van der Waals surface area contributed by atoms with Crippen LogP contribution in [0.3, 0.4) is 0 Å². The lowest BCUT2D eigenvalue weighted by molar-refractivity contribution is -0.123. The molecule has 1 aliphatic rings. The Labute approximate surface area is 209 Å². The highest BCUT2D eigenvalue weighted by Crippen LogP contribution is 2.38. The molecule has 0 saturated carbocycles. The predicted octanol–water partition coefficient (Wildman–Crippen LogP) is 7.31. The molecule has 1 aliphatic heterocycles. The van der Waals surface area contributed by atoms with E-state index >= 15 is 0 Å². The van der Waals surface area contributed by atoms with Crippen molar-refractivity contribution in [1.29, 1.82) is 0 Å². The maximum absolute atomic E-state index is 13.1. The fraction of sp³-hybridized carbons (Fsp3) is 0.0833. The van der Waals surface area contributed by atoms with Crippen LogP contribution in [-0.2, 0) is 17.9 Å². The lowest BCUT2D eigenvalue weighted by atomic mass is 10.2. The Morgan fingerprint density at radius 3 is 2.00 bits per heavy atom. The average Bonchev–Trinajstić information content (AvgIpc) is 3.03. The quantitative estimate of drug-likeness (QED) is 0.281. The predicted molar refractivity (Wildman–Crippen MR) is 130 cm³/mol. The number of ether oxygens (including phenoxy) is 1. The molecule has 0 N–H and O–H groups in total. The van der Waals surface area contributed by atoms with Crippen LogP contribution in [0.2, 0.25) is 0 Å². The zero-order valence-electron chi connectivity index (χ0n) is 16.9. The second kappa shape index (κ2) is 10.2. The summed E-state index contributed by atoms with van der Waals surface area (Å²) in [4.78, 5) is 26.6. The number of hydrogen-bond acceptors (Lipinski definition) is 4. The van der Waals surface area contributed by atoms with E-state index < -0.39 is 5.91 Å². The van der Waals surface area contributed by atoms with Gasteiger partial charge in [0.15, 0.2) is 0 Å². The Morgan fingerprint density at radius 1 is 0.879 bits per heavy atom. The molecule has 4 nitrogen and oxygen atoms in total. The Morgan fingerprint density at radius 2 is 1.42 bits per heavy atom. The first-order chi connectivity index (χ1) is 15.8. The number of amides is 2. The number of nitrogens with zero attached hydrogens (tertiary/aromatic N) is 1. The molecule has 0 aromatic heterocycles. The Balaban J connectivity index is 1.49. The van der Waals surface area contributed by atoms with Gasteiger partial charge < -0.3 is 4.74 Å². The molecule has 1 fully saturated rings. The van der Waals surface area contributed by atoms with E-state index in [2.05, 4.69) is 31.9 Å². The monoisotopic (exact) mass is 593 g/mol. The molecule has 1 saturated heterocycles. The van der Waals surface area contributed by atoms with Crippen LogP contribution in [0.5, 0.6) is 5.75 Å². The van der Waals surface area contributed by atoms with Crippen molar-refractivity contribution in [1.82, 2.24) is 4.90 Å². The highest BCUT2D eigenvalue weighted by Gasteiger charge is 2.35. The van der Waals surface area contributed by atoms with Gasteiger partial charge in [-0.3, -0.25) is 14.5 Å². The average molecular weight is 595 g/mol. The van der Waals surface area contributed by atoms with Gasteiger partial charge in [-0.25, -0.2) is 8.78 Å². The van der Waals surface area contributed by atoms with Crippen LogP contribution in [0.25, 0.3) is 6.08 Å². The number of rotatable bonds is 6. The van der Waals surface area contributed by atoms with Crippen molar-refractivity contribution in [2.24, 2.45) is 0 Å². The van der Waals surface area contributed by atoms with Gasteiger partial charge in [0.25, 0.3) is 11.1 Å². The molecular formula is C24H15Br2F2NO3S. The van der Waals surface area contributed by atoms with Gasteiger partial charge in [-0.1, -0.05) is 24.3 Å². The van der Waals surface area contributed by atoms with Gasteiger partial charge >= 0.3 is 0 Å². The van der Waals surface area contributed by atoms with Crippen molar-refractivity contribution in [3.05, 3.63) is 103 Å². The van der Waals surface area contributed by atoms with Gasteiger partial charge in [0.1, 0.15) is 24.0 Å². The summed E-state index contributed by atoms with van der Waals surface area (Å²) in [7, 11) is 0. The van der Waals surface area contributed by atoms with E-state index in [1.165, 1.54) is 24.3 Å². The molecule has 0 radical (unpaired) electrons. The van der Waals surface area contributed by atoms with Gasteiger partial charge in [-0.2, -0.15) is 0 Å². The van der Waals surface area contributed by atoms with E-state index in [1.807, 2.05) is 0 Å². The van der Waals surface area contributed by atoms with Crippen molar-refractivity contribution in [2.75, 3.05) is 0 Å². The number of carbonyl (C=O) groups is 2. The summed E-state index contributed by atoms with van der Waals surface area (Å²) in [5.41, 5.74) is 2.16. The summed E-state index contributed by atoms with van der Waals surface area (Å²) >= 11 is 7.81. The van der Waals surface area contributed by atoms with Crippen molar-refractivity contribution in [3.63, 3.8) is 0 Å². The Hall–Kier alpha value is -2.49. The first-order valence-electron chi connectivity index (χ1n) is 9.66. The summed E-state index contributed by atoms with van der Waals surface area (Å²) in [5.74, 6) is -0.541. The normalized spacial score (nSPS) is 14.9. The molecule has 168 valence electrons. The fourth-order valence-electron chi connectivity index (χ4n) is 3.10. The first kappa shape index (κ1) is 23.7. The zero-order chi connectivity index (χ0) is 23.5. The minimum absolute atomic E-state index is 0.0752. The molecule has 2 amide bonds. The number of benzene rings is 3. The summed E-state index contributed by atoms with van der Waals surface area (Å²) in [6, 6.07) is 15.3. The van der Waals surface area contributed by atoms with Crippen molar-refractivity contribution in [2.45, 2.75) is 13.2 Å². The zero-order valence-corrected chi connectivity index (χ0v) is 20.8. The van der Waals surface area contributed by atoms with Crippen molar-refractivity contribution >= 4 is 60.8 Å². The van der Waals surface area contributed by atoms with Crippen LogP contribution < -0.4 is 4.74 Å². The second-order valence-electron chi connectivity index (χ2n) is 7.12. The lowest BCUT2D eigenvalue weighted by Gasteiger charge is -2.12. The third-order valence-electron chi connectivity index (χ3n) is 4.74. The van der Waals surface area contributed by atoms with Gasteiger partial charge in [-0.05, 0) is 103 Å². The third-order valence-corrected chi connectivity index (χ3v) is 6.83. The lowest BCUT2D eigenvalue weighted by Crippen LogP contribution is -2.27. The van der Waals surface area contributed by atoms with Crippen LogP contribution in [0.1, 0.15) is 16.7 Å². The topological polar surface area (TPSA) is 46.6 Å². The van der Waals surface area contributed by atoms with E-state index in [0.29, 0.717) is 30.7 Å². The van der Waals surface area contributed by atoms with E-state index in [4.69, 9.17) is 4.74 Å². The summed E-state index contributed by atoms with van der Waals surface area (Å²) in [6.45, 7) is 0.324. The molecule has 0 unspecified atom stereocenters. The highest BCUT2D eigenvalue weighted by atomic mass is 79.9. The van der Waals surface area contributed by atoms with E-state index in [-0.39, 0.29) is 30.0 Å². The molecule has 4 rings (SSSR count). The third kappa shape index (κ3) is 5.72. The van der Waals surface area contributed by atoms with Crippen LogP contribution in [0, 0.1) is 11.6 Å². The number of thioether (sulfide) groups is 1. The van der Waals surface area contributed by atoms with E-state index in [0.717, 1.165) is 22.2 Å². The molecule has 3 aromatic carbocycles. The highest BCUT2D eigenvalue weighted by molar-refractivity contribution is 9.11. The van der Waals surface area contributed by atoms with Crippen molar-refractivity contribution < 1.29 is 23.1 Å². The number of carbonyl (C=O) groups excluding carboxylic acids is 2. The number of halogens is 4. The van der Waals surface area contributed by atoms with Crippen LogP contribution in [-0.4, -0.2) is 16.0 Å². The molecule has 0 aliphatic carbocycles.